The molecule has 2 aliphatic rings. The Labute approximate surface area is 148 Å². The first-order chi connectivity index (χ1) is 11.6. The van der Waals surface area contributed by atoms with Gasteiger partial charge in [0.1, 0.15) is 5.54 Å². The van der Waals surface area contributed by atoms with Gasteiger partial charge < -0.3 is 9.64 Å². The normalized spacial score (nSPS) is 27.2. The smallest absolute Gasteiger partial charge is 0.226 e. The summed E-state index contributed by atoms with van der Waals surface area (Å²) in [5, 5.41) is 0.546. The van der Waals surface area contributed by atoms with Gasteiger partial charge in [0.15, 0.2) is 5.78 Å². The summed E-state index contributed by atoms with van der Waals surface area (Å²) in [6.45, 7) is 0.718. The number of ether oxygens (including phenoxy) is 1. The van der Waals surface area contributed by atoms with E-state index in [1.165, 1.54) is 0 Å². The number of benzene rings is 1. The molecule has 4 nitrogen and oxygen atoms in total. The van der Waals surface area contributed by atoms with E-state index in [-0.39, 0.29) is 17.8 Å². The lowest BCUT2D eigenvalue weighted by Gasteiger charge is -2.44. The van der Waals surface area contributed by atoms with E-state index in [2.05, 4.69) is 0 Å². The Kier molecular flexibility index (Phi) is 5.26. The van der Waals surface area contributed by atoms with E-state index in [9.17, 15) is 9.59 Å². The number of likely N-dealkylation sites (N-methyl/N-ethyl adjacent to an activating group) is 1. The van der Waals surface area contributed by atoms with Crippen LogP contribution in [0.15, 0.2) is 24.3 Å². The number of ketones is 1. The maximum absolute atomic E-state index is 13.0. The average Bonchev–Trinajstić information content (AvgIpc) is 3.08. The molecule has 0 aromatic heterocycles. The SMILES string of the molecule is CN(C(=O)CC1CCCO1)C1(c2ccccc2Cl)CCCCC1=O. The van der Waals surface area contributed by atoms with Crippen LogP contribution in [-0.4, -0.2) is 36.3 Å². The predicted molar refractivity (Wildman–Crippen MR) is 93.0 cm³/mol. The Morgan fingerprint density at radius 1 is 1.33 bits per heavy atom. The summed E-state index contributed by atoms with van der Waals surface area (Å²) in [6, 6.07) is 7.39. The molecular weight excluding hydrogens is 326 g/mol. The summed E-state index contributed by atoms with van der Waals surface area (Å²) in [5.74, 6) is 0.0436. The minimum Gasteiger partial charge on any atom is -0.378 e. The minimum absolute atomic E-state index is 0.0260. The lowest BCUT2D eigenvalue weighted by molar-refractivity contribution is -0.149. The molecule has 1 aromatic rings. The first-order valence-corrected chi connectivity index (χ1v) is 9.10. The van der Waals surface area contributed by atoms with Crippen molar-refractivity contribution in [2.75, 3.05) is 13.7 Å². The molecule has 2 fully saturated rings. The molecule has 1 aromatic carbocycles. The van der Waals surface area contributed by atoms with Gasteiger partial charge in [0, 0.05) is 30.7 Å². The lowest BCUT2D eigenvalue weighted by atomic mass is 9.74. The highest BCUT2D eigenvalue weighted by Gasteiger charge is 2.48. The third-order valence-corrected chi connectivity index (χ3v) is 5.68. The molecule has 1 aliphatic carbocycles. The summed E-state index contributed by atoms with van der Waals surface area (Å²) >= 11 is 6.42. The van der Waals surface area contributed by atoms with Crippen molar-refractivity contribution in [1.29, 1.82) is 0 Å². The van der Waals surface area contributed by atoms with Crippen molar-refractivity contribution in [3.05, 3.63) is 34.9 Å². The molecule has 1 amide bonds. The van der Waals surface area contributed by atoms with Gasteiger partial charge >= 0.3 is 0 Å². The van der Waals surface area contributed by atoms with Crippen molar-refractivity contribution < 1.29 is 14.3 Å². The molecule has 24 heavy (non-hydrogen) atoms. The summed E-state index contributed by atoms with van der Waals surface area (Å²) < 4.78 is 5.59. The lowest BCUT2D eigenvalue weighted by Crippen LogP contribution is -2.54. The molecule has 3 rings (SSSR count). The third-order valence-electron chi connectivity index (χ3n) is 5.35. The van der Waals surface area contributed by atoms with Crippen LogP contribution in [0.4, 0.5) is 0 Å². The van der Waals surface area contributed by atoms with E-state index >= 15 is 0 Å². The molecule has 0 spiro atoms. The Balaban J connectivity index is 1.93. The maximum Gasteiger partial charge on any atom is 0.226 e. The van der Waals surface area contributed by atoms with E-state index in [1.54, 1.807) is 18.0 Å². The van der Waals surface area contributed by atoms with Crippen LogP contribution in [0, 0.1) is 0 Å². The Hall–Kier alpha value is -1.39. The van der Waals surface area contributed by atoms with Crippen LogP contribution >= 0.6 is 11.6 Å². The van der Waals surface area contributed by atoms with Crippen molar-refractivity contribution >= 4 is 23.3 Å². The second kappa shape index (κ2) is 7.24. The fraction of sp³-hybridized carbons (Fsp3) is 0.579. The highest BCUT2D eigenvalue weighted by Crippen LogP contribution is 2.42. The number of amides is 1. The molecule has 2 atom stereocenters. The summed E-state index contributed by atoms with van der Waals surface area (Å²) in [5.41, 5.74) is -0.189. The van der Waals surface area contributed by atoms with Gasteiger partial charge in [-0.05, 0) is 38.2 Å². The van der Waals surface area contributed by atoms with Gasteiger partial charge in [-0.25, -0.2) is 0 Å². The second-order valence-electron chi connectivity index (χ2n) is 6.76. The summed E-state index contributed by atoms with van der Waals surface area (Å²) in [7, 11) is 1.74. The van der Waals surface area contributed by atoms with Crippen LogP contribution in [0.25, 0.3) is 0 Å². The zero-order chi connectivity index (χ0) is 17.2. The number of carbonyl (C=O) groups excluding carboxylic acids is 2. The monoisotopic (exact) mass is 349 g/mol. The van der Waals surface area contributed by atoms with Gasteiger partial charge in [-0.1, -0.05) is 29.8 Å². The van der Waals surface area contributed by atoms with Gasteiger partial charge in [-0.2, -0.15) is 0 Å². The summed E-state index contributed by atoms with van der Waals surface area (Å²) in [6.07, 6.45) is 5.11. The fourth-order valence-corrected chi connectivity index (χ4v) is 4.27. The standard InChI is InChI=1S/C19H24ClNO3/c1-21(18(23)13-14-7-6-12-24-14)19(11-5-4-10-17(19)22)15-8-2-3-9-16(15)20/h2-3,8-9,14H,4-7,10-13H2,1H3. The van der Waals surface area contributed by atoms with Gasteiger partial charge in [-0.15, -0.1) is 0 Å². The van der Waals surface area contributed by atoms with E-state index in [0.29, 0.717) is 24.3 Å². The van der Waals surface area contributed by atoms with Crippen LogP contribution in [0.3, 0.4) is 0 Å². The predicted octanol–water partition coefficient (Wildman–Crippen LogP) is 3.71. The Bertz CT molecular complexity index is 627. The van der Waals surface area contributed by atoms with Crippen LogP contribution < -0.4 is 0 Å². The highest BCUT2D eigenvalue weighted by atomic mass is 35.5. The number of hydrogen-bond donors (Lipinski definition) is 0. The quantitative estimate of drug-likeness (QED) is 0.832. The second-order valence-corrected chi connectivity index (χ2v) is 7.17. The van der Waals surface area contributed by atoms with Crippen molar-refractivity contribution in [1.82, 2.24) is 4.90 Å². The van der Waals surface area contributed by atoms with E-state index in [4.69, 9.17) is 16.3 Å². The van der Waals surface area contributed by atoms with Crippen molar-refractivity contribution in [2.24, 2.45) is 0 Å². The average molecular weight is 350 g/mol. The molecule has 0 bridgehead atoms. The van der Waals surface area contributed by atoms with Crippen LogP contribution in [0.1, 0.15) is 50.5 Å². The molecular formula is C19H24ClNO3. The number of Topliss-reactive ketones (excluding diaryl/α,β-unsaturated/α-hetero) is 1. The highest BCUT2D eigenvalue weighted by molar-refractivity contribution is 6.31. The molecule has 1 saturated heterocycles. The molecule has 130 valence electrons. The van der Waals surface area contributed by atoms with Crippen LogP contribution in [0.5, 0.6) is 0 Å². The molecule has 1 aliphatic heterocycles. The van der Waals surface area contributed by atoms with Gasteiger partial charge in [0.05, 0.1) is 12.5 Å². The third kappa shape index (κ3) is 3.09. The fourth-order valence-electron chi connectivity index (χ4n) is 3.98. The van der Waals surface area contributed by atoms with Crippen LogP contribution in [-0.2, 0) is 19.9 Å². The van der Waals surface area contributed by atoms with Crippen molar-refractivity contribution in [3.8, 4) is 0 Å². The maximum atomic E-state index is 13.0. The molecule has 2 unspecified atom stereocenters. The first-order valence-electron chi connectivity index (χ1n) is 8.72. The van der Waals surface area contributed by atoms with E-state index in [1.807, 2.05) is 18.2 Å². The number of rotatable bonds is 4. The minimum atomic E-state index is -0.938. The largest absolute Gasteiger partial charge is 0.378 e. The Morgan fingerprint density at radius 2 is 2.12 bits per heavy atom. The molecule has 5 heteroatoms. The molecule has 1 heterocycles. The first kappa shape index (κ1) is 17.4. The zero-order valence-electron chi connectivity index (χ0n) is 14.1. The summed E-state index contributed by atoms with van der Waals surface area (Å²) in [4.78, 5) is 27.5. The number of carbonyl (C=O) groups is 2. The van der Waals surface area contributed by atoms with Gasteiger partial charge in [0.2, 0.25) is 5.91 Å². The molecule has 1 saturated carbocycles. The van der Waals surface area contributed by atoms with Gasteiger partial charge in [0.25, 0.3) is 0 Å². The van der Waals surface area contributed by atoms with Crippen LogP contribution in [0.2, 0.25) is 5.02 Å². The molecule has 0 radical (unpaired) electrons. The van der Waals surface area contributed by atoms with Crippen molar-refractivity contribution in [2.45, 2.75) is 56.6 Å². The number of hydrogen-bond acceptors (Lipinski definition) is 3. The number of nitrogens with zero attached hydrogens (tertiary/aromatic N) is 1. The van der Waals surface area contributed by atoms with E-state index in [0.717, 1.165) is 37.9 Å². The molecule has 0 N–H and O–H groups in total. The van der Waals surface area contributed by atoms with Crippen molar-refractivity contribution in [3.63, 3.8) is 0 Å². The van der Waals surface area contributed by atoms with Gasteiger partial charge in [-0.3, -0.25) is 9.59 Å². The zero-order valence-corrected chi connectivity index (χ0v) is 14.8. The number of halogens is 1. The Morgan fingerprint density at radius 3 is 2.79 bits per heavy atom. The topological polar surface area (TPSA) is 46.6 Å². The van der Waals surface area contributed by atoms with E-state index < -0.39 is 5.54 Å².